The molecule has 0 bridgehead atoms. The minimum atomic E-state index is -0.108. The van der Waals surface area contributed by atoms with Crippen LogP contribution in [-0.2, 0) is 23.0 Å². The highest BCUT2D eigenvalue weighted by atomic mass is 32.2. The number of amides is 1. The zero-order valence-electron chi connectivity index (χ0n) is 16.4. The van der Waals surface area contributed by atoms with Crippen molar-refractivity contribution in [2.45, 2.75) is 19.3 Å². The second kappa shape index (κ2) is 11.5. The summed E-state index contributed by atoms with van der Waals surface area (Å²) in [7, 11) is 3.62. The van der Waals surface area contributed by atoms with Crippen molar-refractivity contribution in [2.75, 3.05) is 36.3 Å². The number of methoxy groups -OCH3 is 1. The summed E-state index contributed by atoms with van der Waals surface area (Å²) in [6.07, 6.45) is 5.88. The zero-order valence-corrected chi connectivity index (χ0v) is 17.3. The molecule has 28 heavy (non-hydrogen) atoms. The quantitative estimate of drug-likeness (QED) is 0.261. The maximum atomic E-state index is 12.6. The number of aromatic nitrogens is 1. The van der Waals surface area contributed by atoms with Gasteiger partial charge in [0.05, 0.1) is 5.75 Å². The summed E-state index contributed by atoms with van der Waals surface area (Å²) in [4.78, 5) is 24.6. The molecule has 3 N–H and O–H groups in total. The van der Waals surface area contributed by atoms with Crippen molar-refractivity contribution in [2.24, 2.45) is 7.05 Å². The molecule has 2 rings (SSSR count). The lowest BCUT2D eigenvalue weighted by atomic mass is 10.0. The van der Waals surface area contributed by atoms with Gasteiger partial charge < -0.3 is 15.8 Å². The van der Waals surface area contributed by atoms with E-state index in [1.807, 2.05) is 36.1 Å². The van der Waals surface area contributed by atoms with Gasteiger partial charge in [-0.1, -0.05) is 0 Å². The Labute approximate surface area is 170 Å². The van der Waals surface area contributed by atoms with Gasteiger partial charge in [-0.25, -0.2) is 4.57 Å². The SMILES string of the molecule is COCCCSCC(=O)Nc1cc(N)cc(C(=O)CCc2cc[n+](C)cc2)c1. The van der Waals surface area contributed by atoms with Gasteiger partial charge in [-0.2, -0.15) is 11.8 Å². The van der Waals surface area contributed by atoms with Gasteiger partial charge in [0.1, 0.15) is 7.05 Å². The predicted octanol–water partition coefficient (Wildman–Crippen LogP) is 2.62. The van der Waals surface area contributed by atoms with Crippen LogP contribution in [0.4, 0.5) is 11.4 Å². The van der Waals surface area contributed by atoms with Gasteiger partial charge in [0.2, 0.25) is 5.91 Å². The van der Waals surface area contributed by atoms with E-state index < -0.39 is 0 Å². The Kier molecular flexibility index (Phi) is 8.97. The van der Waals surface area contributed by atoms with Gasteiger partial charge in [-0.05, 0) is 42.4 Å². The Balaban J connectivity index is 1.89. The van der Waals surface area contributed by atoms with Crippen molar-refractivity contribution in [1.29, 1.82) is 0 Å². The van der Waals surface area contributed by atoms with Gasteiger partial charge in [0.15, 0.2) is 18.2 Å². The molecule has 1 aromatic heterocycles. The number of anilines is 2. The first-order valence-electron chi connectivity index (χ1n) is 9.22. The molecule has 0 atom stereocenters. The van der Waals surface area contributed by atoms with Crippen molar-refractivity contribution in [1.82, 2.24) is 0 Å². The van der Waals surface area contributed by atoms with Crippen LogP contribution in [0.1, 0.15) is 28.8 Å². The second-order valence-corrected chi connectivity index (χ2v) is 7.69. The fourth-order valence-corrected chi connectivity index (χ4v) is 3.38. The summed E-state index contributed by atoms with van der Waals surface area (Å²) < 4.78 is 6.94. The summed E-state index contributed by atoms with van der Waals surface area (Å²) in [5.74, 6) is 1.11. The van der Waals surface area contributed by atoms with Crippen LogP contribution in [0.5, 0.6) is 0 Å². The number of nitrogen functional groups attached to an aromatic ring is 1. The molecule has 6 nitrogen and oxygen atoms in total. The van der Waals surface area contributed by atoms with E-state index in [1.54, 1.807) is 37.1 Å². The molecular weight excluding hydrogens is 374 g/mol. The molecular formula is C21H28N3O3S+. The molecule has 0 saturated heterocycles. The van der Waals surface area contributed by atoms with Gasteiger partial charge >= 0.3 is 0 Å². The van der Waals surface area contributed by atoms with Crippen molar-refractivity contribution < 1.29 is 18.9 Å². The van der Waals surface area contributed by atoms with E-state index in [1.165, 1.54) is 0 Å². The van der Waals surface area contributed by atoms with Gasteiger partial charge in [0.25, 0.3) is 0 Å². The highest BCUT2D eigenvalue weighted by Gasteiger charge is 2.11. The number of nitrogens with two attached hydrogens (primary N) is 1. The number of ketones is 1. The van der Waals surface area contributed by atoms with Crippen LogP contribution >= 0.6 is 11.8 Å². The number of ether oxygens (including phenoxy) is 1. The third kappa shape index (κ3) is 7.70. The molecule has 7 heteroatoms. The highest BCUT2D eigenvalue weighted by molar-refractivity contribution is 7.99. The van der Waals surface area contributed by atoms with Gasteiger partial charge in [-0.3, -0.25) is 9.59 Å². The number of nitrogens with zero attached hydrogens (tertiary/aromatic N) is 1. The van der Waals surface area contributed by atoms with Crippen LogP contribution in [0, 0.1) is 0 Å². The third-order valence-electron chi connectivity index (χ3n) is 4.12. The van der Waals surface area contributed by atoms with Gasteiger partial charge in [-0.15, -0.1) is 0 Å². The minimum Gasteiger partial charge on any atom is -0.399 e. The summed E-state index contributed by atoms with van der Waals surface area (Å²) in [5, 5.41) is 2.82. The Bertz CT molecular complexity index is 794. The summed E-state index contributed by atoms with van der Waals surface area (Å²) in [6.45, 7) is 0.691. The van der Waals surface area contributed by atoms with Crippen LogP contribution in [-0.4, -0.2) is 36.9 Å². The second-order valence-electron chi connectivity index (χ2n) is 6.59. The molecule has 2 aromatic rings. The number of Topliss-reactive ketones (excluding diaryl/α,β-unsaturated/α-hetero) is 1. The lowest BCUT2D eigenvalue weighted by Gasteiger charge is -2.09. The topological polar surface area (TPSA) is 85.3 Å². The zero-order chi connectivity index (χ0) is 20.4. The molecule has 0 radical (unpaired) electrons. The van der Waals surface area contributed by atoms with E-state index in [9.17, 15) is 9.59 Å². The van der Waals surface area contributed by atoms with E-state index >= 15 is 0 Å². The van der Waals surface area contributed by atoms with Crippen molar-refractivity contribution in [3.63, 3.8) is 0 Å². The maximum Gasteiger partial charge on any atom is 0.234 e. The number of pyridine rings is 1. The van der Waals surface area contributed by atoms with Crippen LogP contribution in [0.3, 0.4) is 0 Å². The number of nitrogens with one attached hydrogen (secondary N) is 1. The fourth-order valence-electron chi connectivity index (χ4n) is 2.65. The van der Waals surface area contributed by atoms with Crippen molar-refractivity contribution >= 4 is 34.8 Å². The Hall–Kier alpha value is -2.38. The van der Waals surface area contributed by atoms with Crippen LogP contribution in [0.25, 0.3) is 0 Å². The number of hydrogen-bond donors (Lipinski definition) is 2. The third-order valence-corrected chi connectivity index (χ3v) is 5.16. The molecule has 1 heterocycles. The predicted molar refractivity (Wildman–Crippen MR) is 114 cm³/mol. The summed E-state index contributed by atoms with van der Waals surface area (Å²) in [6, 6.07) is 9.02. The lowest BCUT2D eigenvalue weighted by molar-refractivity contribution is -0.671. The average molecular weight is 403 g/mol. The normalized spacial score (nSPS) is 10.6. The number of benzene rings is 1. The summed E-state index contributed by atoms with van der Waals surface area (Å²) >= 11 is 1.55. The standard InChI is InChI=1S/C21H27N3O3S/c1-24-8-6-16(7-9-24)4-5-20(25)17-12-18(22)14-19(13-17)23-21(26)15-28-11-3-10-27-2/h6-9,12-14H,3-5,10-11,15,22H2,1-2H3/p+1. The molecule has 0 unspecified atom stereocenters. The van der Waals surface area contributed by atoms with E-state index in [0.29, 0.717) is 42.1 Å². The van der Waals surface area contributed by atoms with Crippen LogP contribution < -0.4 is 15.6 Å². The molecule has 0 fully saturated rings. The van der Waals surface area contributed by atoms with Crippen molar-refractivity contribution in [3.05, 3.63) is 53.9 Å². The highest BCUT2D eigenvalue weighted by Crippen LogP contribution is 2.19. The number of carbonyl (C=O) groups is 2. The van der Waals surface area contributed by atoms with E-state index in [0.717, 1.165) is 17.7 Å². The number of rotatable bonds is 11. The minimum absolute atomic E-state index is 0.00460. The maximum absolute atomic E-state index is 12.6. The largest absolute Gasteiger partial charge is 0.399 e. The first-order valence-corrected chi connectivity index (χ1v) is 10.4. The summed E-state index contributed by atoms with van der Waals surface area (Å²) in [5.41, 5.74) is 8.56. The Morgan fingerprint density at radius 3 is 2.68 bits per heavy atom. The van der Waals surface area contributed by atoms with Crippen LogP contribution in [0.2, 0.25) is 0 Å². The molecule has 150 valence electrons. The molecule has 0 saturated carbocycles. The smallest absolute Gasteiger partial charge is 0.234 e. The molecule has 0 aliphatic carbocycles. The number of hydrogen-bond acceptors (Lipinski definition) is 5. The van der Waals surface area contributed by atoms with E-state index in [4.69, 9.17) is 10.5 Å². The Morgan fingerprint density at radius 2 is 1.96 bits per heavy atom. The van der Waals surface area contributed by atoms with E-state index in [-0.39, 0.29) is 11.7 Å². The molecule has 1 aromatic carbocycles. The fraction of sp³-hybridized carbons (Fsp3) is 0.381. The Morgan fingerprint density at radius 1 is 1.21 bits per heavy atom. The average Bonchev–Trinajstić information content (AvgIpc) is 2.66. The number of carbonyl (C=O) groups excluding carboxylic acids is 2. The van der Waals surface area contributed by atoms with Gasteiger partial charge in [0, 0.05) is 49.2 Å². The number of thioether (sulfide) groups is 1. The number of aryl methyl sites for hydroxylation is 2. The lowest BCUT2D eigenvalue weighted by Crippen LogP contribution is -2.26. The monoisotopic (exact) mass is 402 g/mol. The molecule has 0 aliphatic rings. The van der Waals surface area contributed by atoms with Crippen molar-refractivity contribution in [3.8, 4) is 0 Å². The molecule has 0 spiro atoms. The first kappa shape index (κ1) is 21.9. The van der Waals surface area contributed by atoms with E-state index in [2.05, 4.69) is 5.32 Å². The molecule has 0 aliphatic heterocycles. The first-order chi connectivity index (χ1) is 13.5. The van der Waals surface area contributed by atoms with Crippen LogP contribution in [0.15, 0.2) is 42.7 Å². The molecule has 1 amide bonds.